The molecule has 0 fully saturated rings. The second kappa shape index (κ2) is 30.4. The fourth-order valence-electron chi connectivity index (χ4n) is 5.41. The minimum atomic E-state index is -4.44. The number of carbonyl (C=O) groups is 1. The summed E-state index contributed by atoms with van der Waals surface area (Å²) in [7, 11) is -4.44. The fourth-order valence-corrected chi connectivity index (χ4v) is 6.15. The highest BCUT2D eigenvalue weighted by Crippen LogP contribution is 2.15. The first-order chi connectivity index (χ1) is 21.2. The second-order valence-electron chi connectivity index (χ2n) is 12.6. The van der Waals surface area contributed by atoms with Gasteiger partial charge in [-0.25, -0.2) is 0 Å². The number of aliphatic hydroxyl groups is 2. The molecular formula is C36H69NO6S. The Morgan fingerprint density at radius 2 is 1.02 bits per heavy atom. The average Bonchev–Trinajstić information content (AvgIpc) is 2.98. The van der Waals surface area contributed by atoms with Gasteiger partial charge in [0.1, 0.15) is 6.10 Å². The molecule has 3 atom stereocenters. The number of aliphatic hydroxyl groups excluding tert-OH is 2. The van der Waals surface area contributed by atoms with Gasteiger partial charge >= 0.3 is 0 Å². The van der Waals surface area contributed by atoms with E-state index in [1.54, 1.807) is 6.08 Å². The molecule has 44 heavy (non-hydrogen) atoms. The van der Waals surface area contributed by atoms with E-state index in [0.717, 1.165) is 32.1 Å². The van der Waals surface area contributed by atoms with E-state index in [1.165, 1.54) is 115 Å². The molecule has 1 amide bonds. The van der Waals surface area contributed by atoms with Crippen molar-refractivity contribution in [2.45, 2.75) is 193 Å². The Morgan fingerprint density at radius 3 is 1.50 bits per heavy atom. The molecule has 0 bridgehead atoms. The van der Waals surface area contributed by atoms with E-state index in [0.29, 0.717) is 12.8 Å². The molecule has 0 spiro atoms. The van der Waals surface area contributed by atoms with Gasteiger partial charge in [0, 0.05) is 0 Å². The molecule has 0 aliphatic rings. The van der Waals surface area contributed by atoms with Gasteiger partial charge < -0.3 is 15.5 Å². The molecule has 0 saturated heterocycles. The van der Waals surface area contributed by atoms with Crippen molar-refractivity contribution in [1.82, 2.24) is 5.32 Å². The number of allylic oxidation sites excluding steroid dienone is 3. The topological polar surface area (TPSA) is 124 Å². The Morgan fingerprint density at radius 1 is 0.614 bits per heavy atom. The van der Waals surface area contributed by atoms with E-state index in [1.807, 2.05) is 0 Å². The number of amides is 1. The highest BCUT2D eigenvalue weighted by molar-refractivity contribution is 7.85. The van der Waals surface area contributed by atoms with Crippen molar-refractivity contribution < 1.29 is 28.0 Å². The van der Waals surface area contributed by atoms with Crippen molar-refractivity contribution in [2.75, 3.05) is 5.75 Å². The predicted octanol–water partition coefficient (Wildman–Crippen LogP) is 8.99. The van der Waals surface area contributed by atoms with Crippen molar-refractivity contribution in [3.05, 3.63) is 24.3 Å². The molecule has 8 heteroatoms. The van der Waals surface area contributed by atoms with Crippen LogP contribution >= 0.6 is 0 Å². The maximum Gasteiger partial charge on any atom is 0.267 e. The molecule has 0 aromatic carbocycles. The summed E-state index contributed by atoms with van der Waals surface area (Å²) in [4.78, 5) is 12.5. The normalized spacial score (nSPS) is 14.4. The molecule has 0 aliphatic carbocycles. The SMILES string of the molecule is CCCCCC/C=C/CC/C=C/C(O)C(CS(=O)(=O)O)NC(=O)C(O)CCCCCCCCCCCCCCCCCCC. The van der Waals surface area contributed by atoms with Crippen LogP contribution in [0.15, 0.2) is 24.3 Å². The molecule has 0 rings (SSSR count). The van der Waals surface area contributed by atoms with Crippen LogP contribution in [0.4, 0.5) is 0 Å². The van der Waals surface area contributed by atoms with Crippen LogP contribution in [0, 0.1) is 0 Å². The number of rotatable bonds is 32. The average molecular weight is 644 g/mol. The van der Waals surface area contributed by atoms with Crippen LogP contribution in [0.5, 0.6) is 0 Å². The Labute approximate surface area is 271 Å². The second-order valence-corrected chi connectivity index (χ2v) is 14.1. The number of unbranched alkanes of at least 4 members (excludes halogenated alkanes) is 21. The molecule has 0 heterocycles. The summed E-state index contributed by atoms with van der Waals surface area (Å²) in [5.74, 6) is -1.55. The maximum atomic E-state index is 12.5. The molecule has 0 aromatic heterocycles. The lowest BCUT2D eigenvalue weighted by Gasteiger charge is -2.22. The summed E-state index contributed by atoms with van der Waals surface area (Å²) >= 11 is 0. The number of hydrogen-bond acceptors (Lipinski definition) is 5. The molecule has 0 saturated carbocycles. The molecule has 0 radical (unpaired) electrons. The van der Waals surface area contributed by atoms with Crippen LogP contribution < -0.4 is 5.32 Å². The van der Waals surface area contributed by atoms with Gasteiger partial charge in [-0.3, -0.25) is 9.35 Å². The van der Waals surface area contributed by atoms with E-state index in [4.69, 9.17) is 0 Å². The molecule has 260 valence electrons. The van der Waals surface area contributed by atoms with E-state index >= 15 is 0 Å². The van der Waals surface area contributed by atoms with Gasteiger partial charge in [0.05, 0.1) is 17.9 Å². The molecule has 7 nitrogen and oxygen atoms in total. The van der Waals surface area contributed by atoms with Gasteiger partial charge in [0.2, 0.25) is 5.91 Å². The van der Waals surface area contributed by atoms with Crippen LogP contribution in [0.1, 0.15) is 174 Å². The zero-order valence-corrected chi connectivity index (χ0v) is 29.2. The highest BCUT2D eigenvalue weighted by Gasteiger charge is 2.27. The largest absolute Gasteiger partial charge is 0.387 e. The first kappa shape index (κ1) is 42.8. The van der Waals surface area contributed by atoms with Crippen molar-refractivity contribution in [2.24, 2.45) is 0 Å². The Bertz CT molecular complexity index is 813. The first-order valence-electron chi connectivity index (χ1n) is 18.1. The molecular weight excluding hydrogens is 574 g/mol. The Hall–Kier alpha value is -1.22. The zero-order chi connectivity index (χ0) is 32.7. The smallest absolute Gasteiger partial charge is 0.267 e. The predicted molar refractivity (Wildman–Crippen MR) is 185 cm³/mol. The number of nitrogens with one attached hydrogen (secondary N) is 1. The van der Waals surface area contributed by atoms with Gasteiger partial charge in [-0.15, -0.1) is 0 Å². The number of hydrogen-bond donors (Lipinski definition) is 4. The third-order valence-corrected chi connectivity index (χ3v) is 9.02. The monoisotopic (exact) mass is 643 g/mol. The maximum absolute atomic E-state index is 12.5. The van der Waals surface area contributed by atoms with Crippen molar-refractivity contribution in [1.29, 1.82) is 0 Å². The summed E-state index contributed by atoms with van der Waals surface area (Å²) < 4.78 is 32.3. The lowest BCUT2D eigenvalue weighted by atomic mass is 10.0. The summed E-state index contributed by atoms with van der Waals surface area (Å²) in [6.45, 7) is 4.45. The van der Waals surface area contributed by atoms with Crippen LogP contribution in [0.25, 0.3) is 0 Å². The zero-order valence-electron chi connectivity index (χ0n) is 28.4. The van der Waals surface area contributed by atoms with Crippen LogP contribution in [-0.4, -0.2) is 53.1 Å². The summed E-state index contributed by atoms with van der Waals surface area (Å²) in [5.41, 5.74) is 0. The fraction of sp³-hybridized carbons (Fsp3) is 0.861. The minimum Gasteiger partial charge on any atom is -0.387 e. The lowest BCUT2D eigenvalue weighted by Crippen LogP contribution is -2.50. The molecule has 0 aromatic rings. The van der Waals surface area contributed by atoms with Gasteiger partial charge in [-0.2, -0.15) is 8.42 Å². The molecule has 4 N–H and O–H groups in total. The van der Waals surface area contributed by atoms with Crippen molar-refractivity contribution in [3.63, 3.8) is 0 Å². The van der Waals surface area contributed by atoms with E-state index in [-0.39, 0.29) is 6.42 Å². The first-order valence-corrected chi connectivity index (χ1v) is 19.8. The molecule has 0 aliphatic heterocycles. The number of carbonyl (C=O) groups excluding carboxylic acids is 1. The Kier molecular flexibility index (Phi) is 29.6. The van der Waals surface area contributed by atoms with Gasteiger partial charge in [0.15, 0.2) is 0 Å². The van der Waals surface area contributed by atoms with Crippen LogP contribution in [-0.2, 0) is 14.9 Å². The lowest BCUT2D eigenvalue weighted by molar-refractivity contribution is -0.130. The summed E-state index contributed by atoms with van der Waals surface area (Å²) in [5, 5.41) is 23.2. The third kappa shape index (κ3) is 29.5. The van der Waals surface area contributed by atoms with E-state index in [9.17, 15) is 28.0 Å². The van der Waals surface area contributed by atoms with E-state index < -0.39 is 40.0 Å². The van der Waals surface area contributed by atoms with Crippen LogP contribution in [0.2, 0.25) is 0 Å². The van der Waals surface area contributed by atoms with Crippen molar-refractivity contribution in [3.8, 4) is 0 Å². The minimum absolute atomic E-state index is 0.278. The van der Waals surface area contributed by atoms with Gasteiger partial charge in [-0.05, 0) is 32.1 Å². The molecule has 3 unspecified atom stereocenters. The van der Waals surface area contributed by atoms with Crippen LogP contribution in [0.3, 0.4) is 0 Å². The highest BCUT2D eigenvalue weighted by atomic mass is 32.2. The quantitative estimate of drug-likeness (QED) is 0.0329. The standard InChI is InChI=1S/C36H69NO6S/c1-3-5-7-9-11-13-15-16-17-18-19-20-21-23-25-27-29-31-35(39)36(40)37-33(32-44(41,42)43)34(38)30-28-26-24-22-14-12-10-8-6-4-2/h14,22,28,30,33-35,38-39H,3-13,15-21,23-27,29,31-32H2,1-2H3,(H,37,40)(H,41,42,43)/b22-14+,30-28+. The van der Waals surface area contributed by atoms with Crippen molar-refractivity contribution >= 4 is 16.0 Å². The summed E-state index contributed by atoms with van der Waals surface area (Å²) in [6.07, 6.45) is 33.9. The summed E-state index contributed by atoms with van der Waals surface area (Å²) in [6, 6.07) is -1.24. The van der Waals surface area contributed by atoms with Gasteiger partial charge in [0.25, 0.3) is 10.1 Å². The Balaban J connectivity index is 4.07. The van der Waals surface area contributed by atoms with Gasteiger partial charge in [-0.1, -0.05) is 167 Å². The van der Waals surface area contributed by atoms with E-state index in [2.05, 4.69) is 31.3 Å². The third-order valence-electron chi connectivity index (χ3n) is 8.24.